The summed E-state index contributed by atoms with van der Waals surface area (Å²) in [5, 5.41) is 39.1. The van der Waals surface area contributed by atoms with Gasteiger partial charge in [0.25, 0.3) is 0 Å². The number of carboxylic acid groups (broad SMARTS) is 4. The van der Waals surface area contributed by atoms with Crippen molar-refractivity contribution in [1.29, 1.82) is 0 Å². The summed E-state index contributed by atoms with van der Waals surface area (Å²) < 4.78 is 0. The Morgan fingerprint density at radius 1 is 0.773 bits per heavy atom. The van der Waals surface area contributed by atoms with Crippen LogP contribution in [0.5, 0.6) is 0 Å². The van der Waals surface area contributed by atoms with Gasteiger partial charge in [0.15, 0.2) is 5.11 Å². The van der Waals surface area contributed by atoms with Crippen LogP contribution in [0, 0.1) is 0 Å². The van der Waals surface area contributed by atoms with Crippen LogP contribution in [0.25, 0.3) is 0 Å². The van der Waals surface area contributed by atoms with Gasteiger partial charge in [0.2, 0.25) is 0 Å². The molecule has 0 saturated heterocycles. The zero-order valence-corrected chi connectivity index (χ0v) is 12.1. The van der Waals surface area contributed by atoms with Gasteiger partial charge in [-0.3, -0.25) is 9.59 Å². The molecule has 10 nitrogen and oxygen atoms in total. The van der Waals surface area contributed by atoms with Gasteiger partial charge in [-0.2, -0.15) is 0 Å². The largest absolute Gasteiger partial charge is 0.481 e. The van der Waals surface area contributed by atoms with Gasteiger partial charge in [-0.25, -0.2) is 9.59 Å². The fourth-order valence-electron chi connectivity index (χ4n) is 1.41. The van der Waals surface area contributed by atoms with Crippen molar-refractivity contribution in [2.24, 2.45) is 0 Å². The van der Waals surface area contributed by atoms with Gasteiger partial charge in [-0.1, -0.05) is 0 Å². The van der Waals surface area contributed by atoms with Crippen molar-refractivity contribution in [1.82, 2.24) is 10.6 Å². The highest BCUT2D eigenvalue weighted by Gasteiger charge is 2.23. The summed E-state index contributed by atoms with van der Waals surface area (Å²) in [7, 11) is 0. The summed E-state index contributed by atoms with van der Waals surface area (Å²) >= 11 is 4.76. The molecule has 0 aliphatic rings. The van der Waals surface area contributed by atoms with Gasteiger partial charge in [0, 0.05) is 12.8 Å². The average Bonchev–Trinajstić information content (AvgIpc) is 2.38. The zero-order valence-electron chi connectivity index (χ0n) is 11.3. The van der Waals surface area contributed by atoms with E-state index in [2.05, 4.69) is 10.6 Å². The Bertz CT molecular complexity index is 427. The van der Waals surface area contributed by atoms with Gasteiger partial charge in [-0.05, 0) is 25.1 Å². The summed E-state index contributed by atoms with van der Waals surface area (Å²) in [6.07, 6.45) is -1.32. The van der Waals surface area contributed by atoms with Crippen LogP contribution in [0.2, 0.25) is 0 Å². The van der Waals surface area contributed by atoms with E-state index >= 15 is 0 Å². The molecule has 0 fully saturated rings. The average molecular weight is 336 g/mol. The number of carbonyl (C=O) groups is 4. The van der Waals surface area contributed by atoms with Gasteiger partial charge < -0.3 is 31.1 Å². The fourth-order valence-corrected chi connectivity index (χ4v) is 1.69. The van der Waals surface area contributed by atoms with Crippen LogP contribution in [0.15, 0.2) is 0 Å². The Balaban J connectivity index is 4.57. The molecule has 0 aromatic carbocycles. The molecule has 0 amide bonds. The van der Waals surface area contributed by atoms with E-state index in [9.17, 15) is 19.2 Å². The maximum Gasteiger partial charge on any atom is 0.326 e. The first kappa shape index (κ1) is 19.6. The number of aliphatic carboxylic acids is 4. The number of rotatable bonds is 10. The van der Waals surface area contributed by atoms with E-state index in [0.717, 1.165) is 0 Å². The summed E-state index contributed by atoms with van der Waals surface area (Å²) in [6, 6.07) is -2.60. The van der Waals surface area contributed by atoms with Crippen LogP contribution in [0.1, 0.15) is 25.7 Å². The molecule has 0 aliphatic carbocycles. The number of thiocarbonyl (C=S) groups is 1. The fraction of sp³-hybridized carbons (Fsp3) is 0.545. The first-order valence-electron chi connectivity index (χ1n) is 6.09. The van der Waals surface area contributed by atoms with Crippen molar-refractivity contribution in [3.05, 3.63) is 0 Å². The van der Waals surface area contributed by atoms with Crippen LogP contribution < -0.4 is 10.6 Å². The number of hydrogen-bond acceptors (Lipinski definition) is 5. The first-order chi connectivity index (χ1) is 10.1. The second-order valence-electron chi connectivity index (χ2n) is 4.26. The van der Waals surface area contributed by atoms with Crippen molar-refractivity contribution in [3.63, 3.8) is 0 Å². The molecule has 2 unspecified atom stereocenters. The smallest absolute Gasteiger partial charge is 0.326 e. The molecular weight excluding hydrogens is 320 g/mol. The van der Waals surface area contributed by atoms with Crippen LogP contribution in [0.4, 0.5) is 0 Å². The minimum absolute atomic E-state index is 0.251. The zero-order chi connectivity index (χ0) is 17.3. The highest BCUT2D eigenvalue weighted by atomic mass is 32.1. The standard InChI is InChI=1S/C11H16N2O8S/c14-7(15)3-1-5(9(18)19)12-11(22)13-6(10(20)21)2-4-8(16)17/h5-6H,1-4H2,(H,14,15)(H,16,17)(H,18,19)(H,20,21)(H2,12,13,22). The summed E-state index contributed by atoms with van der Waals surface area (Å²) in [4.78, 5) is 42.7. The maximum absolute atomic E-state index is 10.9. The van der Waals surface area contributed by atoms with Crippen molar-refractivity contribution in [2.75, 3.05) is 0 Å². The molecule has 0 aromatic rings. The molecule has 0 aliphatic heterocycles. The number of hydrogen-bond donors (Lipinski definition) is 6. The van der Waals surface area contributed by atoms with Crippen molar-refractivity contribution >= 4 is 41.2 Å². The highest BCUT2D eigenvalue weighted by molar-refractivity contribution is 7.80. The Kier molecular flexibility index (Phi) is 8.45. The lowest BCUT2D eigenvalue weighted by molar-refractivity contribution is -0.141. The van der Waals surface area contributed by atoms with Crippen LogP contribution in [0.3, 0.4) is 0 Å². The molecule has 0 bridgehead atoms. The highest BCUT2D eigenvalue weighted by Crippen LogP contribution is 2.01. The van der Waals surface area contributed by atoms with Crippen molar-refractivity contribution in [3.8, 4) is 0 Å². The molecule has 6 N–H and O–H groups in total. The van der Waals surface area contributed by atoms with Crippen LogP contribution in [-0.2, 0) is 19.2 Å². The van der Waals surface area contributed by atoms with Gasteiger partial charge >= 0.3 is 23.9 Å². The quantitative estimate of drug-likeness (QED) is 0.272. The molecule has 0 aromatic heterocycles. The Morgan fingerprint density at radius 2 is 1.09 bits per heavy atom. The Hall–Kier alpha value is -2.43. The summed E-state index contributed by atoms with van der Waals surface area (Å²) in [5.74, 6) is -5.06. The van der Waals surface area contributed by atoms with Crippen molar-refractivity contribution < 1.29 is 39.6 Å². The van der Waals surface area contributed by atoms with E-state index in [1.165, 1.54) is 0 Å². The SMILES string of the molecule is O=C(O)CCC(NC(=S)NC(CCC(=O)O)C(=O)O)C(=O)O. The van der Waals surface area contributed by atoms with Crippen molar-refractivity contribution in [2.45, 2.75) is 37.8 Å². The second kappa shape index (κ2) is 9.50. The molecule has 2 atom stereocenters. The topological polar surface area (TPSA) is 173 Å². The number of nitrogens with one attached hydrogen (secondary N) is 2. The monoisotopic (exact) mass is 336 g/mol. The Labute approximate surface area is 130 Å². The lowest BCUT2D eigenvalue weighted by Gasteiger charge is -2.20. The minimum Gasteiger partial charge on any atom is -0.481 e. The molecule has 124 valence electrons. The summed E-state index contributed by atoms with van der Waals surface area (Å²) in [6.45, 7) is 0. The molecule has 11 heteroatoms. The van der Waals surface area contributed by atoms with Crippen LogP contribution in [-0.4, -0.2) is 61.5 Å². The van der Waals surface area contributed by atoms with E-state index in [0.29, 0.717) is 0 Å². The van der Waals surface area contributed by atoms with E-state index in [1.807, 2.05) is 0 Å². The predicted octanol–water partition coefficient (Wildman–Crippen LogP) is -0.913. The molecule has 0 saturated carbocycles. The van der Waals surface area contributed by atoms with E-state index in [-0.39, 0.29) is 18.0 Å². The third kappa shape index (κ3) is 8.68. The van der Waals surface area contributed by atoms with Gasteiger partial charge in [0.05, 0.1) is 0 Å². The molecule has 0 heterocycles. The van der Waals surface area contributed by atoms with E-state index in [4.69, 9.17) is 32.6 Å². The maximum atomic E-state index is 10.9. The third-order valence-corrected chi connectivity index (χ3v) is 2.74. The Morgan fingerprint density at radius 3 is 1.32 bits per heavy atom. The lowest BCUT2D eigenvalue weighted by Crippen LogP contribution is -2.51. The van der Waals surface area contributed by atoms with E-state index < -0.39 is 48.8 Å². The minimum atomic E-state index is -1.34. The summed E-state index contributed by atoms with van der Waals surface area (Å²) in [5.41, 5.74) is 0. The van der Waals surface area contributed by atoms with Gasteiger partial charge in [-0.15, -0.1) is 0 Å². The van der Waals surface area contributed by atoms with Crippen LogP contribution >= 0.6 is 12.2 Å². The third-order valence-electron chi connectivity index (χ3n) is 2.50. The number of carboxylic acids is 4. The molecule has 0 rings (SSSR count). The predicted molar refractivity (Wildman–Crippen MR) is 75.5 cm³/mol. The molecule has 0 spiro atoms. The molecular formula is C11H16N2O8S. The van der Waals surface area contributed by atoms with Gasteiger partial charge in [0.1, 0.15) is 12.1 Å². The first-order valence-corrected chi connectivity index (χ1v) is 6.50. The van der Waals surface area contributed by atoms with E-state index in [1.54, 1.807) is 0 Å². The molecule has 22 heavy (non-hydrogen) atoms. The molecule has 0 radical (unpaired) electrons. The lowest BCUT2D eigenvalue weighted by atomic mass is 10.1. The normalized spacial score (nSPS) is 12.7. The second-order valence-corrected chi connectivity index (χ2v) is 4.67.